The van der Waals surface area contributed by atoms with E-state index >= 15 is 0 Å². The Bertz CT molecular complexity index is 522. The Labute approximate surface area is 118 Å². The fourth-order valence-corrected chi connectivity index (χ4v) is 2.32. The first-order chi connectivity index (χ1) is 9.47. The maximum atomic E-state index is 13.7. The second-order valence-corrected chi connectivity index (χ2v) is 5.36. The first-order valence-corrected chi connectivity index (χ1v) is 6.77. The summed E-state index contributed by atoms with van der Waals surface area (Å²) in [6, 6.07) is 4.62. The first kappa shape index (κ1) is 14.7. The highest BCUT2D eigenvalue weighted by molar-refractivity contribution is 5.99. The van der Waals surface area contributed by atoms with Gasteiger partial charge in [-0.2, -0.15) is 0 Å². The molecule has 2 rings (SSSR count). The standard InChI is InChI=1S/C15H20FN3O/c1-10-3-4-12(13(16)9-10)15(18)20-14(17)11-5-7-19(2)8-6-11/h3-4,9,11,17-18H,5-8H2,1-2H3. The van der Waals surface area contributed by atoms with E-state index < -0.39 is 5.82 Å². The van der Waals surface area contributed by atoms with Crippen LogP contribution in [0.4, 0.5) is 4.39 Å². The molecule has 1 fully saturated rings. The van der Waals surface area contributed by atoms with E-state index in [1.807, 2.05) is 7.05 Å². The molecule has 0 saturated carbocycles. The molecule has 1 heterocycles. The summed E-state index contributed by atoms with van der Waals surface area (Å²) < 4.78 is 19.0. The van der Waals surface area contributed by atoms with Crippen LogP contribution in [0.1, 0.15) is 24.0 Å². The van der Waals surface area contributed by atoms with E-state index in [0.29, 0.717) is 0 Å². The zero-order valence-electron chi connectivity index (χ0n) is 11.9. The minimum atomic E-state index is -0.480. The van der Waals surface area contributed by atoms with Gasteiger partial charge in [0.25, 0.3) is 0 Å². The Balaban J connectivity index is 1.99. The average molecular weight is 277 g/mol. The first-order valence-electron chi connectivity index (χ1n) is 6.77. The van der Waals surface area contributed by atoms with Crippen molar-refractivity contribution in [2.45, 2.75) is 19.8 Å². The van der Waals surface area contributed by atoms with Gasteiger partial charge >= 0.3 is 0 Å². The van der Waals surface area contributed by atoms with Crippen LogP contribution in [0.2, 0.25) is 0 Å². The molecule has 0 amide bonds. The largest absolute Gasteiger partial charge is 0.425 e. The van der Waals surface area contributed by atoms with Crippen molar-refractivity contribution in [3.05, 3.63) is 35.1 Å². The van der Waals surface area contributed by atoms with Crippen molar-refractivity contribution in [3.8, 4) is 0 Å². The summed E-state index contributed by atoms with van der Waals surface area (Å²) in [5, 5.41) is 15.8. The highest BCUT2D eigenvalue weighted by Gasteiger charge is 2.23. The maximum absolute atomic E-state index is 13.7. The molecule has 0 spiro atoms. The van der Waals surface area contributed by atoms with E-state index in [0.717, 1.165) is 31.5 Å². The van der Waals surface area contributed by atoms with Gasteiger partial charge < -0.3 is 9.64 Å². The third-order valence-corrected chi connectivity index (χ3v) is 3.67. The van der Waals surface area contributed by atoms with Gasteiger partial charge in [-0.05, 0) is 57.6 Å². The van der Waals surface area contributed by atoms with Crippen LogP contribution in [0.5, 0.6) is 0 Å². The lowest BCUT2D eigenvalue weighted by atomic mass is 9.97. The number of nitrogens with one attached hydrogen (secondary N) is 2. The van der Waals surface area contributed by atoms with Crippen molar-refractivity contribution in [1.29, 1.82) is 10.8 Å². The summed E-state index contributed by atoms with van der Waals surface area (Å²) in [6.07, 6.45) is 1.69. The highest BCUT2D eigenvalue weighted by atomic mass is 19.1. The third-order valence-electron chi connectivity index (χ3n) is 3.67. The predicted molar refractivity (Wildman–Crippen MR) is 77.0 cm³/mol. The smallest absolute Gasteiger partial charge is 0.223 e. The van der Waals surface area contributed by atoms with Gasteiger partial charge in [-0.3, -0.25) is 10.8 Å². The van der Waals surface area contributed by atoms with E-state index in [-0.39, 0.29) is 23.3 Å². The molecule has 1 aliphatic rings. The fourth-order valence-electron chi connectivity index (χ4n) is 2.32. The van der Waals surface area contributed by atoms with E-state index in [2.05, 4.69) is 4.90 Å². The van der Waals surface area contributed by atoms with Gasteiger partial charge in [-0.1, -0.05) is 6.07 Å². The van der Waals surface area contributed by atoms with Gasteiger partial charge in [0, 0.05) is 5.92 Å². The van der Waals surface area contributed by atoms with Crippen LogP contribution in [0.15, 0.2) is 18.2 Å². The van der Waals surface area contributed by atoms with Crippen molar-refractivity contribution in [2.24, 2.45) is 5.92 Å². The van der Waals surface area contributed by atoms with Gasteiger partial charge in [0.1, 0.15) is 5.82 Å². The van der Waals surface area contributed by atoms with Crippen LogP contribution in [0, 0.1) is 29.5 Å². The van der Waals surface area contributed by atoms with Gasteiger partial charge in [0.05, 0.1) is 5.56 Å². The normalized spacial score (nSPS) is 16.9. The van der Waals surface area contributed by atoms with Crippen LogP contribution in [0.25, 0.3) is 0 Å². The second-order valence-electron chi connectivity index (χ2n) is 5.36. The Hall–Kier alpha value is -1.75. The molecule has 20 heavy (non-hydrogen) atoms. The summed E-state index contributed by atoms with van der Waals surface area (Å²) in [7, 11) is 2.05. The molecule has 0 atom stereocenters. The minimum Gasteiger partial charge on any atom is -0.425 e. The molecule has 108 valence electrons. The van der Waals surface area contributed by atoms with E-state index in [1.165, 1.54) is 12.1 Å². The highest BCUT2D eigenvalue weighted by Crippen LogP contribution is 2.19. The number of benzene rings is 1. The van der Waals surface area contributed by atoms with E-state index in [4.69, 9.17) is 15.6 Å². The zero-order valence-corrected chi connectivity index (χ0v) is 11.9. The van der Waals surface area contributed by atoms with Crippen LogP contribution in [-0.2, 0) is 4.74 Å². The van der Waals surface area contributed by atoms with Crippen molar-refractivity contribution in [1.82, 2.24) is 4.90 Å². The topological polar surface area (TPSA) is 60.2 Å². The molecular weight excluding hydrogens is 257 g/mol. The molecule has 0 bridgehead atoms. The summed E-state index contributed by atoms with van der Waals surface area (Å²) in [5.41, 5.74) is 0.901. The molecule has 0 radical (unpaired) electrons. The minimum absolute atomic E-state index is 0.0278. The zero-order chi connectivity index (χ0) is 14.7. The number of piperidine rings is 1. The average Bonchev–Trinajstić information content (AvgIpc) is 2.39. The molecule has 1 aromatic carbocycles. The van der Waals surface area contributed by atoms with Crippen molar-refractivity contribution in [2.75, 3.05) is 20.1 Å². The van der Waals surface area contributed by atoms with Gasteiger partial charge in [-0.25, -0.2) is 4.39 Å². The number of ether oxygens (including phenoxy) is 1. The summed E-state index contributed by atoms with van der Waals surface area (Å²) in [6.45, 7) is 3.63. The summed E-state index contributed by atoms with van der Waals surface area (Å²) in [4.78, 5) is 2.20. The van der Waals surface area contributed by atoms with Crippen LogP contribution in [-0.4, -0.2) is 36.8 Å². The van der Waals surface area contributed by atoms with Crippen molar-refractivity contribution >= 4 is 11.8 Å². The maximum Gasteiger partial charge on any atom is 0.223 e. The van der Waals surface area contributed by atoms with Crippen LogP contribution in [0.3, 0.4) is 0 Å². The van der Waals surface area contributed by atoms with Gasteiger partial charge in [-0.15, -0.1) is 0 Å². The number of nitrogens with zero attached hydrogens (tertiary/aromatic N) is 1. The lowest BCUT2D eigenvalue weighted by Gasteiger charge is -2.28. The number of hydrogen-bond acceptors (Lipinski definition) is 4. The lowest BCUT2D eigenvalue weighted by Crippen LogP contribution is -2.34. The Morgan fingerprint density at radius 1 is 1.30 bits per heavy atom. The van der Waals surface area contributed by atoms with E-state index in [1.54, 1.807) is 13.0 Å². The monoisotopic (exact) mass is 277 g/mol. The Morgan fingerprint density at radius 3 is 2.55 bits per heavy atom. The summed E-state index contributed by atoms with van der Waals surface area (Å²) in [5.74, 6) is -0.666. The number of likely N-dealkylation sites (tertiary alicyclic amines) is 1. The number of halogens is 1. The molecule has 0 aromatic heterocycles. The molecule has 4 nitrogen and oxygen atoms in total. The third kappa shape index (κ3) is 3.42. The lowest BCUT2D eigenvalue weighted by molar-refractivity contribution is 0.240. The van der Waals surface area contributed by atoms with Gasteiger partial charge in [0.2, 0.25) is 5.90 Å². The molecule has 2 N–H and O–H groups in total. The van der Waals surface area contributed by atoms with Crippen molar-refractivity contribution in [3.63, 3.8) is 0 Å². The number of rotatable bonds is 2. The summed E-state index contributed by atoms with van der Waals surface area (Å²) >= 11 is 0. The molecule has 1 aromatic rings. The SMILES string of the molecule is Cc1ccc(C(=N)OC(=N)C2CCN(C)CC2)c(F)c1. The molecule has 5 heteroatoms. The number of hydrogen-bond donors (Lipinski definition) is 2. The molecule has 1 aliphatic heterocycles. The van der Waals surface area contributed by atoms with E-state index in [9.17, 15) is 4.39 Å². The fraction of sp³-hybridized carbons (Fsp3) is 0.467. The van der Waals surface area contributed by atoms with Crippen LogP contribution >= 0.6 is 0 Å². The molecular formula is C15H20FN3O. The Kier molecular flexibility index (Phi) is 4.49. The van der Waals surface area contributed by atoms with Gasteiger partial charge in [0.15, 0.2) is 5.90 Å². The Morgan fingerprint density at radius 2 is 1.95 bits per heavy atom. The molecule has 1 saturated heterocycles. The quantitative estimate of drug-likeness (QED) is 0.645. The van der Waals surface area contributed by atoms with Crippen molar-refractivity contribution < 1.29 is 9.13 Å². The molecule has 0 aliphatic carbocycles. The second kappa shape index (κ2) is 6.13. The van der Waals surface area contributed by atoms with Crippen LogP contribution < -0.4 is 0 Å². The predicted octanol–water partition coefficient (Wildman–Crippen LogP) is 2.80. The number of aryl methyl sites for hydroxylation is 1. The molecule has 0 unspecified atom stereocenters.